The van der Waals surface area contributed by atoms with Gasteiger partial charge in [-0.1, -0.05) is 55.0 Å². The fraction of sp³-hybridized carbons (Fsp3) is 0.551. The lowest BCUT2D eigenvalue weighted by atomic mass is 9.98. The van der Waals surface area contributed by atoms with Crippen LogP contribution in [-0.2, 0) is 35.1 Å². The number of nitrogens with one attached hydrogen (secondary N) is 4. The summed E-state index contributed by atoms with van der Waals surface area (Å²) in [5, 5.41) is 12.2. The van der Waals surface area contributed by atoms with Gasteiger partial charge in [-0.15, -0.1) is 0 Å². The van der Waals surface area contributed by atoms with Crippen LogP contribution in [0.3, 0.4) is 0 Å². The minimum absolute atomic E-state index is 0.00113. The number of unbranched alkanes of at least 4 members (excludes halogenated alkanes) is 1. The molecule has 354 valence electrons. The molecule has 2 aliphatic heterocycles. The quantitative estimate of drug-likeness (QED) is 0.0430. The average Bonchev–Trinajstić information content (AvgIpc) is 3.98. The maximum absolute atomic E-state index is 13.9. The molecule has 2 fully saturated rings. The van der Waals surface area contributed by atoms with Crippen LogP contribution in [0.15, 0.2) is 66.7 Å². The summed E-state index contributed by atoms with van der Waals surface area (Å²) in [5.74, 6) is 2.15. The molecule has 0 radical (unpaired) electrons. The number of amides is 5. The summed E-state index contributed by atoms with van der Waals surface area (Å²) < 4.78 is 34.9. The number of fused-ring (bicyclic) bond motifs is 4. The molecular formula is C49H67N5O10S. The highest BCUT2D eigenvalue weighted by Gasteiger charge is 2.42. The zero-order valence-electron chi connectivity index (χ0n) is 37.9. The van der Waals surface area contributed by atoms with Crippen LogP contribution in [-0.4, -0.2) is 132 Å². The number of carbonyl (C=O) groups is 4. The lowest BCUT2D eigenvalue weighted by molar-refractivity contribution is -0.122. The molecule has 16 heteroatoms. The summed E-state index contributed by atoms with van der Waals surface area (Å²) in [6, 6.07) is 22.5. The van der Waals surface area contributed by atoms with Crippen molar-refractivity contribution in [2.45, 2.75) is 88.1 Å². The van der Waals surface area contributed by atoms with Crippen LogP contribution in [0.25, 0.3) is 11.1 Å². The van der Waals surface area contributed by atoms with Crippen LogP contribution >= 0.6 is 11.8 Å². The van der Waals surface area contributed by atoms with Gasteiger partial charge in [0.05, 0.1) is 58.8 Å². The first-order chi connectivity index (χ1) is 31.8. The predicted octanol–water partition coefficient (Wildman–Crippen LogP) is 6.41. The van der Waals surface area contributed by atoms with E-state index in [0.29, 0.717) is 108 Å². The lowest BCUT2D eigenvalue weighted by Crippen LogP contribution is -2.36. The number of carbonyl (C=O) groups excluding carboxylic acids is 4. The fourth-order valence-electron chi connectivity index (χ4n) is 8.44. The van der Waals surface area contributed by atoms with Crippen molar-refractivity contribution in [2.24, 2.45) is 0 Å². The highest BCUT2D eigenvalue weighted by atomic mass is 32.2. The third-order valence-electron chi connectivity index (χ3n) is 11.7. The van der Waals surface area contributed by atoms with Crippen molar-refractivity contribution in [3.05, 3.63) is 83.4 Å². The summed E-state index contributed by atoms with van der Waals surface area (Å²) >= 11 is 1.90. The van der Waals surface area contributed by atoms with E-state index in [1.54, 1.807) is 18.1 Å². The first-order valence-electron chi connectivity index (χ1n) is 23.2. The molecule has 2 heterocycles. The van der Waals surface area contributed by atoms with Crippen LogP contribution in [0.5, 0.6) is 11.5 Å². The molecule has 3 aliphatic rings. The molecule has 2 saturated heterocycles. The molecule has 15 nitrogen and oxygen atoms in total. The second-order valence-electron chi connectivity index (χ2n) is 16.4. The molecule has 6 rings (SSSR count). The molecule has 0 bridgehead atoms. The molecule has 5 amide bonds. The third kappa shape index (κ3) is 15.3. The maximum atomic E-state index is 13.9. The van der Waals surface area contributed by atoms with Crippen LogP contribution in [0.4, 0.5) is 9.59 Å². The van der Waals surface area contributed by atoms with Gasteiger partial charge in [0.25, 0.3) is 0 Å². The number of ether oxygens (including phenoxy) is 6. The number of urea groups is 1. The van der Waals surface area contributed by atoms with E-state index < -0.39 is 6.09 Å². The number of methoxy groups -OCH3 is 1. The van der Waals surface area contributed by atoms with Gasteiger partial charge in [0.1, 0.15) is 18.1 Å². The molecule has 0 saturated carbocycles. The Morgan fingerprint density at radius 1 is 0.769 bits per heavy atom. The topological polar surface area (TPSA) is 175 Å². The maximum Gasteiger partial charge on any atom is 0.410 e. The van der Waals surface area contributed by atoms with E-state index in [-0.39, 0.29) is 49.0 Å². The van der Waals surface area contributed by atoms with Gasteiger partial charge in [0, 0.05) is 74.2 Å². The van der Waals surface area contributed by atoms with Gasteiger partial charge in [-0.05, 0) is 73.4 Å². The number of benzene rings is 3. The monoisotopic (exact) mass is 917 g/mol. The van der Waals surface area contributed by atoms with E-state index in [4.69, 9.17) is 28.4 Å². The van der Waals surface area contributed by atoms with E-state index in [0.717, 1.165) is 48.1 Å². The Morgan fingerprint density at radius 2 is 1.45 bits per heavy atom. The van der Waals surface area contributed by atoms with Gasteiger partial charge in [-0.2, -0.15) is 11.8 Å². The van der Waals surface area contributed by atoms with Gasteiger partial charge in [-0.3, -0.25) is 9.59 Å². The van der Waals surface area contributed by atoms with Crippen molar-refractivity contribution in [3.63, 3.8) is 0 Å². The summed E-state index contributed by atoms with van der Waals surface area (Å²) in [5.41, 5.74) is 5.43. The minimum atomic E-state index is -0.423. The molecule has 0 spiro atoms. The lowest BCUT2D eigenvalue weighted by Gasteiger charge is -2.25. The first-order valence-corrected chi connectivity index (χ1v) is 24.2. The highest BCUT2D eigenvalue weighted by Crippen LogP contribution is 2.44. The van der Waals surface area contributed by atoms with Gasteiger partial charge < -0.3 is 54.6 Å². The number of rotatable bonds is 30. The second-order valence-corrected chi connectivity index (χ2v) is 17.6. The Balaban J connectivity index is 0.858. The standard InChI is InChI=1S/C49H67N5O10S/c1-3-50-45(55)19-10-26-63-36-21-20-35(43(31-36)59-2)32-54(49(58)64-33-41-39-15-6-4-13-37(39)38-14-5-7-16-40(38)41)23-12-25-61-28-30-62-29-27-60-24-11-22-51-46(56)18-9-8-17-44-47-42(34-65-44)52-48(57)53-47/h4-7,13-16,20-21,31,41-42,44,47H,3,8-12,17-19,22-30,32-34H2,1-2H3,(H,50,55)(H,51,56)(H2,52,53,57)/t42-,44-,47-/m0/s1. The minimum Gasteiger partial charge on any atom is -0.496 e. The highest BCUT2D eigenvalue weighted by molar-refractivity contribution is 8.00. The largest absolute Gasteiger partial charge is 0.496 e. The summed E-state index contributed by atoms with van der Waals surface area (Å²) in [4.78, 5) is 51.2. The van der Waals surface area contributed by atoms with E-state index in [1.165, 1.54) is 11.1 Å². The van der Waals surface area contributed by atoms with Crippen LogP contribution in [0.1, 0.15) is 80.9 Å². The van der Waals surface area contributed by atoms with E-state index in [9.17, 15) is 19.2 Å². The van der Waals surface area contributed by atoms with Crippen molar-refractivity contribution in [2.75, 3.05) is 85.4 Å². The van der Waals surface area contributed by atoms with Crippen molar-refractivity contribution in [3.8, 4) is 22.6 Å². The molecule has 0 unspecified atom stereocenters. The van der Waals surface area contributed by atoms with Gasteiger partial charge in [-0.25, -0.2) is 9.59 Å². The number of thioether (sulfide) groups is 1. The second kappa shape index (κ2) is 26.8. The van der Waals surface area contributed by atoms with Crippen LogP contribution in [0, 0.1) is 0 Å². The van der Waals surface area contributed by atoms with Gasteiger partial charge in [0.2, 0.25) is 11.8 Å². The van der Waals surface area contributed by atoms with Crippen LogP contribution in [0.2, 0.25) is 0 Å². The molecule has 65 heavy (non-hydrogen) atoms. The Morgan fingerprint density at radius 3 is 2.17 bits per heavy atom. The van der Waals surface area contributed by atoms with Gasteiger partial charge >= 0.3 is 12.1 Å². The molecule has 0 aromatic heterocycles. The predicted molar refractivity (Wildman–Crippen MR) is 251 cm³/mol. The summed E-state index contributed by atoms with van der Waals surface area (Å²) in [6.07, 6.45) is 5.18. The molecular weight excluding hydrogens is 851 g/mol. The third-order valence-corrected chi connectivity index (χ3v) is 13.2. The van der Waals surface area contributed by atoms with Crippen molar-refractivity contribution in [1.82, 2.24) is 26.2 Å². The van der Waals surface area contributed by atoms with E-state index >= 15 is 0 Å². The summed E-state index contributed by atoms with van der Waals surface area (Å²) in [6.45, 7) is 6.99. The summed E-state index contributed by atoms with van der Waals surface area (Å²) in [7, 11) is 1.59. The van der Waals surface area contributed by atoms with Crippen molar-refractivity contribution < 1.29 is 47.6 Å². The normalized spacial score (nSPS) is 17.1. The smallest absolute Gasteiger partial charge is 0.410 e. The fourth-order valence-corrected chi connectivity index (χ4v) is 9.99. The Kier molecular flexibility index (Phi) is 20.4. The zero-order valence-corrected chi connectivity index (χ0v) is 38.8. The average molecular weight is 918 g/mol. The van der Waals surface area contributed by atoms with E-state index in [1.807, 2.05) is 55.1 Å². The molecule has 3 atom stereocenters. The molecule has 4 N–H and O–H groups in total. The van der Waals surface area contributed by atoms with Crippen molar-refractivity contribution >= 4 is 35.7 Å². The van der Waals surface area contributed by atoms with E-state index in [2.05, 4.69) is 45.5 Å². The Bertz CT molecular complexity index is 1940. The molecule has 3 aromatic carbocycles. The molecule has 1 aliphatic carbocycles. The van der Waals surface area contributed by atoms with Gasteiger partial charge in [0.15, 0.2) is 0 Å². The van der Waals surface area contributed by atoms with Crippen molar-refractivity contribution in [1.29, 1.82) is 0 Å². The number of nitrogens with zero attached hydrogens (tertiary/aromatic N) is 1. The SMILES string of the molecule is CCNC(=O)CCCOc1ccc(CN(CCCOCCOCCOCCCNC(=O)CCCC[C@@H]2SC[C@@H]3NC(=O)N[C@@H]32)C(=O)OCC2c3ccccc3-c3ccccc32)c(OC)c1. The van der Waals surface area contributed by atoms with Crippen LogP contribution < -0.4 is 30.7 Å². The zero-order chi connectivity index (χ0) is 45.6. The number of hydrogen-bond donors (Lipinski definition) is 4. The Hall–Kier alpha value is -5.03. The number of hydrogen-bond acceptors (Lipinski definition) is 11. The first kappa shape index (κ1) is 49.4. The molecule has 3 aromatic rings. The Labute approximate surface area is 387 Å².